The highest BCUT2D eigenvalue weighted by Crippen LogP contribution is 2.28. The van der Waals surface area contributed by atoms with E-state index in [9.17, 15) is 19.2 Å². The van der Waals surface area contributed by atoms with Gasteiger partial charge in [-0.1, -0.05) is 12.6 Å². The molecule has 0 radical (unpaired) electrons. The Morgan fingerprint density at radius 3 is 2.83 bits per heavy atom. The van der Waals surface area contributed by atoms with Crippen molar-refractivity contribution in [2.45, 2.75) is 38.3 Å². The minimum absolute atomic E-state index is 0.0510. The molecule has 2 saturated heterocycles. The summed E-state index contributed by atoms with van der Waals surface area (Å²) in [6.07, 6.45) is 4.92. The summed E-state index contributed by atoms with van der Waals surface area (Å²) >= 11 is 0. The summed E-state index contributed by atoms with van der Waals surface area (Å²) in [5, 5.41) is 14.2. The van der Waals surface area contributed by atoms with E-state index in [2.05, 4.69) is 32.6 Å². The van der Waals surface area contributed by atoms with Crippen LogP contribution in [0.2, 0.25) is 0 Å². The topological polar surface area (TPSA) is 120 Å². The number of hydrogen-bond acceptors (Lipinski definition) is 9. The second kappa shape index (κ2) is 11.4. The van der Waals surface area contributed by atoms with Crippen molar-refractivity contribution < 1.29 is 13.9 Å². The standard InChI is InChI=1S/C28H31FN8O3/c1-4-24(38)36-14-13-35(16-19(36)10-11-30)26-21-15-31-37(23-9-5-8-22(29)18(23)2)27(39)25(21)32-28(33-26)40-17-20-7-6-12-34(20)3/h4-5,8-9,15,19-20H,1,6-7,10,12-14,16-17H2,2-3H3/t19-,20-/m0/s1. The fraction of sp³-hybridized carbons (Fsp3) is 0.429. The molecule has 4 heterocycles. The number of fused-ring (bicyclic) bond motifs is 1. The number of hydrogen-bond donors (Lipinski definition) is 0. The van der Waals surface area contributed by atoms with Gasteiger partial charge in [-0.05, 0) is 51.6 Å². The Bertz CT molecular complexity index is 1550. The summed E-state index contributed by atoms with van der Waals surface area (Å²) in [6, 6.07) is 6.49. The summed E-state index contributed by atoms with van der Waals surface area (Å²) in [5.41, 5.74) is 0.146. The van der Waals surface area contributed by atoms with Crippen LogP contribution in [0.3, 0.4) is 0 Å². The molecule has 1 amide bonds. The molecular formula is C28H31FN8O3. The molecule has 5 rings (SSSR count). The maximum atomic E-state index is 14.3. The summed E-state index contributed by atoms with van der Waals surface area (Å²) in [5.74, 6) is -0.261. The van der Waals surface area contributed by atoms with Crippen molar-refractivity contribution in [2.75, 3.05) is 44.7 Å². The van der Waals surface area contributed by atoms with Crippen molar-refractivity contribution in [1.82, 2.24) is 29.5 Å². The number of carbonyl (C=O) groups excluding carboxylic acids is 1. The number of piperazine rings is 1. The second-order valence-corrected chi connectivity index (χ2v) is 10.1. The highest BCUT2D eigenvalue weighted by molar-refractivity contribution is 5.90. The number of benzene rings is 1. The van der Waals surface area contributed by atoms with Crippen molar-refractivity contribution in [3.8, 4) is 17.8 Å². The Balaban J connectivity index is 1.59. The quantitative estimate of drug-likeness (QED) is 0.411. The molecule has 1 aromatic carbocycles. The van der Waals surface area contributed by atoms with E-state index in [1.54, 1.807) is 17.9 Å². The Kier molecular flexibility index (Phi) is 7.75. The predicted octanol–water partition coefficient (Wildman–Crippen LogP) is 2.21. The van der Waals surface area contributed by atoms with Crippen LogP contribution in [0.4, 0.5) is 10.2 Å². The van der Waals surface area contributed by atoms with Crippen LogP contribution in [0.5, 0.6) is 6.01 Å². The summed E-state index contributed by atoms with van der Waals surface area (Å²) < 4.78 is 21.5. The molecule has 0 aliphatic carbocycles. The zero-order chi connectivity index (χ0) is 28.4. The average Bonchev–Trinajstić information content (AvgIpc) is 3.38. The van der Waals surface area contributed by atoms with Gasteiger partial charge in [0.15, 0.2) is 0 Å². The fourth-order valence-corrected chi connectivity index (χ4v) is 5.39. The zero-order valence-electron chi connectivity index (χ0n) is 22.6. The number of ether oxygens (including phenoxy) is 1. The number of aromatic nitrogens is 4. The number of anilines is 1. The normalized spacial score (nSPS) is 19.6. The van der Waals surface area contributed by atoms with Crippen molar-refractivity contribution in [1.29, 1.82) is 5.26 Å². The third-order valence-electron chi connectivity index (χ3n) is 7.71. The fourth-order valence-electron chi connectivity index (χ4n) is 5.39. The van der Waals surface area contributed by atoms with E-state index in [1.807, 2.05) is 11.9 Å². The first-order chi connectivity index (χ1) is 19.3. The molecule has 0 saturated carbocycles. The molecule has 3 aromatic rings. The molecule has 11 nitrogen and oxygen atoms in total. The smallest absolute Gasteiger partial charge is 0.319 e. The highest BCUT2D eigenvalue weighted by atomic mass is 19.1. The molecule has 2 aliphatic heterocycles. The van der Waals surface area contributed by atoms with E-state index in [0.29, 0.717) is 43.1 Å². The van der Waals surface area contributed by atoms with Crippen LogP contribution >= 0.6 is 0 Å². The van der Waals surface area contributed by atoms with Crippen LogP contribution in [0, 0.1) is 24.1 Å². The van der Waals surface area contributed by atoms with Crippen LogP contribution < -0.4 is 15.2 Å². The lowest BCUT2D eigenvalue weighted by Crippen LogP contribution is -2.55. The monoisotopic (exact) mass is 546 g/mol. The number of halogens is 1. The van der Waals surface area contributed by atoms with E-state index >= 15 is 0 Å². The van der Waals surface area contributed by atoms with Gasteiger partial charge in [0.1, 0.15) is 23.8 Å². The predicted molar refractivity (Wildman–Crippen MR) is 147 cm³/mol. The summed E-state index contributed by atoms with van der Waals surface area (Å²) in [4.78, 5) is 41.1. The van der Waals surface area contributed by atoms with Crippen molar-refractivity contribution in [3.05, 3.63) is 58.8 Å². The molecule has 2 aliphatic rings. The van der Waals surface area contributed by atoms with E-state index in [4.69, 9.17) is 4.74 Å². The molecular weight excluding hydrogens is 515 g/mol. The molecule has 2 atom stereocenters. The van der Waals surface area contributed by atoms with Gasteiger partial charge in [-0.2, -0.15) is 25.0 Å². The Morgan fingerprint density at radius 1 is 1.27 bits per heavy atom. The SMILES string of the molecule is C=CC(=O)N1CCN(c2nc(OC[C@@H]3CCCN3C)nc3c(=O)n(-c4cccc(F)c4C)ncc23)C[C@@H]1CC#N. The zero-order valence-corrected chi connectivity index (χ0v) is 22.6. The van der Waals surface area contributed by atoms with Crippen LogP contribution in [-0.4, -0.2) is 87.4 Å². The van der Waals surface area contributed by atoms with E-state index in [-0.39, 0.29) is 35.5 Å². The Hall–Kier alpha value is -4.37. The Labute approximate surface area is 231 Å². The van der Waals surface area contributed by atoms with Crippen molar-refractivity contribution in [3.63, 3.8) is 0 Å². The van der Waals surface area contributed by atoms with Gasteiger partial charge in [0.2, 0.25) is 5.91 Å². The highest BCUT2D eigenvalue weighted by Gasteiger charge is 2.32. The summed E-state index contributed by atoms with van der Waals surface area (Å²) in [7, 11) is 2.04. The van der Waals surface area contributed by atoms with Crippen LogP contribution in [0.1, 0.15) is 24.8 Å². The molecule has 0 bridgehead atoms. The van der Waals surface area contributed by atoms with Crippen LogP contribution in [-0.2, 0) is 4.79 Å². The third-order valence-corrected chi connectivity index (χ3v) is 7.71. The number of likely N-dealkylation sites (N-methyl/N-ethyl adjacent to an activating group) is 1. The molecule has 0 spiro atoms. The maximum Gasteiger partial charge on any atom is 0.319 e. The minimum Gasteiger partial charge on any atom is -0.462 e. The van der Waals surface area contributed by atoms with E-state index in [0.717, 1.165) is 24.1 Å². The number of carbonyl (C=O) groups is 1. The van der Waals surface area contributed by atoms with Gasteiger partial charge in [-0.15, -0.1) is 0 Å². The van der Waals surface area contributed by atoms with E-state index < -0.39 is 17.4 Å². The van der Waals surface area contributed by atoms with E-state index in [1.165, 1.54) is 24.4 Å². The van der Waals surface area contributed by atoms with Crippen LogP contribution in [0.25, 0.3) is 16.6 Å². The lowest BCUT2D eigenvalue weighted by Gasteiger charge is -2.41. The van der Waals surface area contributed by atoms with Crippen LogP contribution in [0.15, 0.2) is 41.8 Å². The minimum atomic E-state index is -0.535. The molecule has 0 unspecified atom stereocenters. The van der Waals surface area contributed by atoms with Gasteiger partial charge in [0, 0.05) is 31.2 Å². The lowest BCUT2D eigenvalue weighted by molar-refractivity contribution is -0.128. The largest absolute Gasteiger partial charge is 0.462 e. The van der Waals surface area contributed by atoms with Crippen molar-refractivity contribution in [2.24, 2.45) is 0 Å². The summed E-state index contributed by atoms with van der Waals surface area (Å²) in [6.45, 7) is 7.57. The Morgan fingerprint density at radius 2 is 2.10 bits per heavy atom. The van der Waals surface area contributed by atoms with Gasteiger partial charge in [-0.25, -0.2) is 4.39 Å². The number of nitriles is 1. The second-order valence-electron chi connectivity index (χ2n) is 10.1. The molecule has 0 N–H and O–H groups in total. The maximum absolute atomic E-state index is 14.3. The van der Waals surface area contributed by atoms with Gasteiger partial charge in [0.25, 0.3) is 5.56 Å². The number of amides is 1. The first-order valence-corrected chi connectivity index (χ1v) is 13.3. The van der Waals surface area contributed by atoms with Gasteiger partial charge >= 0.3 is 6.01 Å². The average molecular weight is 547 g/mol. The van der Waals surface area contributed by atoms with Gasteiger partial charge in [0.05, 0.1) is 35.8 Å². The molecule has 2 fully saturated rings. The first kappa shape index (κ1) is 27.2. The van der Waals surface area contributed by atoms with Gasteiger partial charge < -0.3 is 19.4 Å². The first-order valence-electron chi connectivity index (χ1n) is 13.3. The van der Waals surface area contributed by atoms with Crippen molar-refractivity contribution >= 4 is 22.6 Å². The third kappa shape index (κ3) is 5.12. The molecule has 208 valence electrons. The lowest BCUT2D eigenvalue weighted by atomic mass is 10.1. The molecule has 12 heteroatoms. The number of rotatable bonds is 7. The number of nitrogens with zero attached hydrogens (tertiary/aromatic N) is 8. The number of likely N-dealkylation sites (tertiary alicyclic amines) is 1. The molecule has 2 aromatic heterocycles. The molecule has 40 heavy (non-hydrogen) atoms. The van der Waals surface area contributed by atoms with Gasteiger partial charge in [-0.3, -0.25) is 9.59 Å².